The van der Waals surface area contributed by atoms with Gasteiger partial charge in [-0.05, 0) is 62.9 Å². The number of carbonyl (C=O) groups is 2. The smallest absolute Gasteiger partial charge is 0.303 e. The lowest BCUT2D eigenvalue weighted by atomic mass is 9.96. The SMILES string of the molecule is CCCN(CC)Cc1ccc(C(=O)N2CCCCC2CCC(=O)O)cc1. The number of carbonyl (C=O) groups excluding carboxylic acids is 1. The molecular weight excluding hydrogens is 328 g/mol. The van der Waals surface area contributed by atoms with Crippen molar-refractivity contribution in [2.24, 2.45) is 0 Å². The Bertz CT molecular complexity index is 585. The molecule has 0 aliphatic carbocycles. The van der Waals surface area contributed by atoms with Crippen LogP contribution in [0.4, 0.5) is 0 Å². The number of hydrogen-bond donors (Lipinski definition) is 1. The third-order valence-electron chi connectivity index (χ3n) is 5.17. The Labute approximate surface area is 157 Å². The van der Waals surface area contributed by atoms with Crippen LogP contribution in [0.15, 0.2) is 24.3 Å². The molecule has 1 heterocycles. The molecule has 0 radical (unpaired) electrons. The van der Waals surface area contributed by atoms with Gasteiger partial charge in [0.25, 0.3) is 5.91 Å². The van der Waals surface area contributed by atoms with Gasteiger partial charge in [0.05, 0.1) is 0 Å². The molecule has 0 spiro atoms. The number of piperidine rings is 1. The van der Waals surface area contributed by atoms with Gasteiger partial charge < -0.3 is 10.0 Å². The van der Waals surface area contributed by atoms with Gasteiger partial charge in [0, 0.05) is 31.1 Å². The summed E-state index contributed by atoms with van der Waals surface area (Å²) in [6.45, 7) is 8.09. The van der Waals surface area contributed by atoms with E-state index in [0.29, 0.717) is 12.0 Å². The molecule has 1 N–H and O–H groups in total. The molecule has 1 amide bonds. The minimum atomic E-state index is -0.792. The van der Waals surface area contributed by atoms with E-state index < -0.39 is 5.97 Å². The van der Waals surface area contributed by atoms with Crippen molar-refractivity contribution in [3.63, 3.8) is 0 Å². The number of benzene rings is 1. The van der Waals surface area contributed by atoms with Crippen LogP contribution < -0.4 is 0 Å². The van der Waals surface area contributed by atoms with Gasteiger partial charge in [0.2, 0.25) is 0 Å². The summed E-state index contributed by atoms with van der Waals surface area (Å²) in [4.78, 5) is 28.1. The minimum absolute atomic E-state index is 0.0348. The zero-order valence-electron chi connectivity index (χ0n) is 16.1. The van der Waals surface area contributed by atoms with E-state index in [-0.39, 0.29) is 18.4 Å². The lowest BCUT2D eigenvalue weighted by Crippen LogP contribution is -2.44. The number of likely N-dealkylation sites (tertiary alicyclic amines) is 1. The summed E-state index contributed by atoms with van der Waals surface area (Å²) in [6, 6.07) is 7.97. The van der Waals surface area contributed by atoms with E-state index >= 15 is 0 Å². The quantitative estimate of drug-likeness (QED) is 0.728. The zero-order valence-corrected chi connectivity index (χ0v) is 16.1. The van der Waals surface area contributed by atoms with Gasteiger partial charge in [-0.2, -0.15) is 0 Å². The Morgan fingerprint density at radius 3 is 2.54 bits per heavy atom. The van der Waals surface area contributed by atoms with Crippen molar-refractivity contribution in [2.45, 2.75) is 65.0 Å². The molecular formula is C21H32N2O3. The Morgan fingerprint density at radius 1 is 1.19 bits per heavy atom. The maximum atomic E-state index is 12.9. The van der Waals surface area contributed by atoms with Crippen LogP contribution in [0.2, 0.25) is 0 Å². The predicted octanol–water partition coefficient (Wildman–Crippen LogP) is 3.78. The predicted molar refractivity (Wildman–Crippen MR) is 103 cm³/mol. The van der Waals surface area contributed by atoms with E-state index in [0.717, 1.165) is 51.9 Å². The second kappa shape index (κ2) is 10.3. The van der Waals surface area contributed by atoms with E-state index in [1.54, 1.807) is 0 Å². The molecule has 5 heteroatoms. The number of carboxylic acid groups (broad SMARTS) is 1. The minimum Gasteiger partial charge on any atom is -0.481 e. The molecule has 1 aliphatic rings. The van der Waals surface area contributed by atoms with E-state index in [9.17, 15) is 9.59 Å². The van der Waals surface area contributed by atoms with Gasteiger partial charge in [-0.3, -0.25) is 14.5 Å². The van der Waals surface area contributed by atoms with Crippen LogP contribution in [-0.2, 0) is 11.3 Å². The first-order chi connectivity index (χ1) is 12.5. The average molecular weight is 360 g/mol. The first-order valence-electron chi connectivity index (χ1n) is 9.89. The normalized spacial score (nSPS) is 17.5. The van der Waals surface area contributed by atoms with Crippen LogP contribution in [0.3, 0.4) is 0 Å². The molecule has 144 valence electrons. The molecule has 26 heavy (non-hydrogen) atoms. The fourth-order valence-corrected chi connectivity index (χ4v) is 3.70. The molecule has 1 aromatic rings. The van der Waals surface area contributed by atoms with E-state index in [4.69, 9.17) is 5.11 Å². The first-order valence-corrected chi connectivity index (χ1v) is 9.89. The Hall–Kier alpha value is -1.88. The van der Waals surface area contributed by atoms with Crippen molar-refractivity contribution in [1.82, 2.24) is 9.80 Å². The summed E-state index contributed by atoms with van der Waals surface area (Å²) in [7, 11) is 0. The standard InChI is InChI=1S/C21H32N2O3/c1-3-14-22(4-2)16-17-8-10-18(11-9-17)21(26)23-15-6-5-7-19(23)12-13-20(24)25/h8-11,19H,3-7,12-16H2,1-2H3,(H,24,25). The number of aliphatic carboxylic acids is 1. The van der Waals surface area contributed by atoms with Crippen molar-refractivity contribution < 1.29 is 14.7 Å². The van der Waals surface area contributed by atoms with E-state index in [2.05, 4.69) is 18.7 Å². The van der Waals surface area contributed by atoms with E-state index in [1.165, 1.54) is 5.56 Å². The molecule has 1 fully saturated rings. The molecule has 2 rings (SSSR count). The third kappa shape index (κ3) is 5.84. The fourth-order valence-electron chi connectivity index (χ4n) is 3.70. The number of nitrogens with zero attached hydrogens (tertiary/aromatic N) is 2. The molecule has 1 atom stereocenters. The summed E-state index contributed by atoms with van der Waals surface area (Å²) in [5.41, 5.74) is 1.92. The maximum Gasteiger partial charge on any atom is 0.303 e. The number of carboxylic acids is 1. The fraction of sp³-hybridized carbons (Fsp3) is 0.619. The Balaban J connectivity index is 2.01. The lowest BCUT2D eigenvalue weighted by Gasteiger charge is -2.35. The molecule has 1 aliphatic heterocycles. The van der Waals surface area contributed by atoms with Crippen molar-refractivity contribution in [2.75, 3.05) is 19.6 Å². The summed E-state index contributed by atoms with van der Waals surface area (Å²) < 4.78 is 0. The van der Waals surface area contributed by atoms with Gasteiger partial charge in [0.15, 0.2) is 0 Å². The largest absolute Gasteiger partial charge is 0.481 e. The van der Waals surface area contributed by atoms with Crippen LogP contribution in [-0.4, -0.2) is 52.5 Å². The molecule has 1 saturated heterocycles. The van der Waals surface area contributed by atoms with Crippen LogP contribution in [0, 0.1) is 0 Å². The lowest BCUT2D eigenvalue weighted by molar-refractivity contribution is -0.137. The topological polar surface area (TPSA) is 60.9 Å². The Kier molecular flexibility index (Phi) is 8.10. The van der Waals surface area contributed by atoms with E-state index in [1.807, 2.05) is 29.2 Å². The third-order valence-corrected chi connectivity index (χ3v) is 5.17. The van der Waals surface area contributed by atoms with Crippen molar-refractivity contribution in [3.8, 4) is 0 Å². The summed E-state index contributed by atoms with van der Waals surface area (Å²) in [5, 5.41) is 8.94. The first kappa shape index (κ1) is 20.4. The molecule has 1 unspecified atom stereocenters. The summed E-state index contributed by atoms with van der Waals surface area (Å²) >= 11 is 0. The van der Waals surface area contributed by atoms with Gasteiger partial charge in [-0.1, -0.05) is 26.0 Å². The monoisotopic (exact) mass is 360 g/mol. The number of rotatable bonds is 9. The highest BCUT2D eigenvalue weighted by Crippen LogP contribution is 2.23. The van der Waals surface area contributed by atoms with Crippen LogP contribution >= 0.6 is 0 Å². The van der Waals surface area contributed by atoms with Gasteiger partial charge in [0.1, 0.15) is 0 Å². The second-order valence-electron chi connectivity index (χ2n) is 7.15. The van der Waals surface area contributed by atoms with Gasteiger partial charge >= 0.3 is 5.97 Å². The maximum absolute atomic E-state index is 12.9. The molecule has 0 aromatic heterocycles. The van der Waals surface area contributed by atoms with Crippen molar-refractivity contribution in [3.05, 3.63) is 35.4 Å². The Morgan fingerprint density at radius 2 is 1.92 bits per heavy atom. The highest BCUT2D eigenvalue weighted by atomic mass is 16.4. The molecule has 5 nitrogen and oxygen atoms in total. The van der Waals surface area contributed by atoms with Gasteiger partial charge in [-0.15, -0.1) is 0 Å². The summed E-state index contributed by atoms with van der Waals surface area (Å²) in [5.74, 6) is -0.757. The van der Waals surface area contributed by atoms with Crippen molar-refractivity contribution in [1.29, 1.82) is 0 Å². The van der Waals surface area contributed by atoms with Gasteiger partial charge in [-0.25, -0.2) is 0 Å². The van der Waals surface area contributed by atoms with Crippen LogP contribution in [0.5, 0.6) is 0 Å². The van der Waals surface area contributed by atoms with Crippen LogP contribution in [0.25, 0.3) is 0 Å². The highest BCUT2D eigenvalue weighted by molar-refractivity contribution is 5.94. The highest BCUT2D eigenvalue weighted by Gasteiger charge is 2.27. The number of amides is 1. The number of hydrogen-bond acceptors (Lipinski definition) is 3. The molecule has 1 aromatic carbocycles. The van der Waals surface area contributed by atoms with Crippen molar-refractivity contribution >= 4 is 11.9 Å². The van der Waals surface area contributed by atoms with Crippen LogP contribution in [0.1, 0.15) is 68.3 Å². The zero-order chi connectivity index (χ0) is 18.9. The molecule has 0 saturated carbocycles. The molecule has 0 bridgehead atoms. The summed E-state index contributed by atoms with van der Waals surface area (Å²) in [6.07, 6.45) is 4.77. The second-order valence-corrected chi connectivity index (χ2v) is 7.15. The average Bonchev–Trinajstić information content (AvgIpc) is 2.66.